The fourth-order valence-electron chi connectivity index (χ4n) is 8.01. The third-order valence-electron chi connectivity index (χ3n) is 12.4. The molecular formula is C60H72I4N6O30. The molecule has 0 saturated carbocycles. The number of rotatable bonds is 33. The average Bonchev–Trinajstić information content (AvgIpc) is 0.726. The molecular weight excluding hydrogens is 1790 g/mol. The van der Waals surface area contributed by atoms with Gasteiger partial charge in [-0.3, -0.25) is 67.1 Å². The largest absolute Gasteiger partial charge is 0.459 e. The van der Waals surface area contributed by atoms with Crippen LogP contribution in [0.5, 0.6) is 0 Å². The van der Waals surface area contributed by atoms with Gasteiger partial charge in [0.1, 0.15) is 13.2 Å². The molecule has 10 atom stereocenters. The van der Waals surface area contributed by atoms with Crippen LogP contribution in [0.2, 0.25) is 0 Å². The van der Waals surface area contributed by atoms with E-state index in [1.807, 2.05) is 0 Å². The molecule has 6 N–H and O–H groups in total. The smallest absolute Gasteiger partial charge is 0.347 e. The number of hydrogen-bond donors (Lipinski definition) is 6. The van der Waals surface area contributed by atoms with Crippen molar-refractivity contribution in [1.82, 2.24) is 10.6 Å². The van der Waals surface area contributed by atoms with Gasteiger partial charge in [-0.2, -0.15) is 0 Å². The lowest BCUT2D eigenvalue weighted by molar-refractivity contribution is -0.175. The van der Waals surface area contributed by atoms with Crippen molar-refractivity contribution in [1.29, 1.82) is 0 Å². The van der Waals surface area contributed by atoms with Crippen molar-refractivity contribution in [3.63, 3.8) is 0 Å². The van der Waals surface area contributed by atoms with E-state index in [0.29, 0.717) is 0 Å². The molecule has 0 saturated heterocycles. The molecule has 0 spiro atoms. The van der Waals surface area contributed by atoms with Crippen LogP contribution in [0.25, 0.3) is 11.1 Å². The molecule has 100 heavy (non-hydrogen) atoms. The molecule has 10 unspecified atom stereocenters. The van der Waals surface area contributed by atoms with Gasteiger partial charge in [-0.15, -0.1) is 0 Å². The molecule has 0 aliphatic rings. The van der Waals surface area contributed by atoms with Crippen molar-refractivity contribution in [3.05, 3.63) is 25.4 Å². The predicted octanol–water partition coefficient (Wildman–Crippen LogP) is 3.51. The maximum Gasteiger partial charge on any atom is 0.347 e. The highest BCUT2D eigenvalue weighted by atomic mass is 127. The lowest BCUT2D eigenvalue weighted by atomic mass is 9.93. The molecule has 550 valence electrons. The highest BCUT2D eigenvalue weighted by Crippen LogP contribution is 2.53. The Morgan fingerprint density at radius 2 is 0.480 bits per heavy atom. The zero-order valence-corrected chi connectivity index (χ0v) is 65.0. The number of benzene rings is 2. The van der Waals surface area contributed by atoms with Gasteiger partial charge >= 0.3 is 71.6 Å². The summed E-state index contributed by atoms with van der Waals surface area (Å²) in [5, 5.41) is 15.3. The van der Waals surface area contributed by atoms with Crippen LogP contribution >= 0.6 is 90.4 Å². The molecule has 0 bridgehead atoms. The molecule has 0 aliphatic heterocycles. The summed E-state index contributed by atoms with van der Waals surface area (Å²) < 4.78 is 60.5. The Kier molecular flexibility index (Phi) is 36.0. The standard InChI is InChI=1S/C60H72I4N6O30/c1-21(91-29(9)71)51(79)67-47-39(48(68-52(80)22(2)92-30(10)72)44(62)41(43(47)61)55(83)65-17-37(99-59(87)27(7)97-35(15)77)19-89-57(85)25(5)95-33(13)75)40-49(69-53(81)23(3)93-31(11)73)45(63)42(46(64)50(40)70-54(82)24(4)94-32(12)74)56(84)66-18-38(100-60(88)28(8)98-36(16)78)20-90-58(86)26(6)96-34(14)76/h21-28,37-38H,17-20H2,1-16H3,(H,65,83)(H,66,84)(H,67,79)(H,68,80)(H,69,81)(H,70,82). The van der Waals surface area contributed by atoms with Crippen molar-refractivity contribution in [3.8, 4) is 11.1 Å². The number of anilines is 4. The van der Waals surface area contributed by atoms with Gasteiger partial charge in [-0.05, 0) is 146 Å². The van der Waals surface area contributed by atoms with E-state index in [2.05, 4.69) is 31.9 Å². The monoisotopic (exact) mass is 1860 g/mol. The van der Waals surface area contributed by atoms with Crippen molar-refractivity contribution in [2.75, 3.05) is 47.6 Å². The topological polar surface area (TPSA) is 490 Å². The van der Waals surface area contributed by atoms with Gasteiger partial charge in [0.25, 0.3) is 35.4 Å². The Labute approximate surface area is 625 Å². The fourth-order valence-corrected chi connectivity index (χ4v) is 12.7. The van der Waals surface area contributed by atoms with Gasteiger partial charge < -0.3 is 88.7 Å². The molecule has 40 heteroatoms. The summed E-state index contributed by atoms with van der Waals surface area (Å²) in [5.41, 5.74) is -4.63. The summed E-state index contributed by atoms with van der Waals surface area (Å²) in [6, 6.07) is 0. The third-order valence-corrected chi connectivity index (χ3v) is 16.7. The van der Waals surface area contributed by atoms with Gasteiger partial charge in [-0.25, -0.2) is 19.2 Å². The van der Waals surface area contributed by atoms with E-state index in [1.165, 1.54) is 0 Å². The van der Waals surface area contributed by atoms with E-state index in [4.69, 9.17) is 56.8 Å². The van der Waals surface area contributed by atoms with Crippen molar-refractivity contribution >= 4 is 220 Å². The normalized spacial score (nSPS) is 13.7. The number of amides is 6. The second-order valence-electron chi connectivity index (χ2n) is 21.0. The van der Waals surface area contributed by atoms with Crippen LogP contribution in [-0.2, 0) is 134 Å². The predicted molar refractivity (Wildman–Crippen MR) is 373 cm³/mol. The van der Waals surface area contributed by atoms with Gasteiger partial charge in [0, 0.05) is 66.5 Å². The first kappa shape index (κ1) is 87.9. The molecule has 0 aliphatic carbocycles. The molecule has 0 heterocycles. The first-order chi connectivity index (χ1) is 46.3. The van der Waals surface area contributed by atoms with E-state index in [-0.39, 0.29) is 14.3 Å². The van der Waals surface area contributed by atoms with Crippen LogP contribution in [0.3, 0.4) is 0 Å². The van der Waals surface area contributed by atoms with Crippen LogP contribution < -0.4 is 31.9 Å². The summed E-state index contributed by atoms with van der Waals surface area (Å²) >= 11 is 6.24. The Bertz CT molecular complexity index is 3230. The van der Waals surface area contributed by atoms with Gasteiger partial charge in [0.15, 0.2) is 61.0 Å². The van der Waals surface area contributed by atoms with Crippen LogP contribution in [0.4, 0.5) is 22.7 Å². The van der Waals surface area contributed by atoms with Gasteiger partial charge in [0.05, 0.1) is 61.2 Å². The molecule has 6 amide bonds. The molecule has 2 aromatic rings. The Hall–Kier alpha value is -8.18. The summed E-state index contributed by atoms with van der Waals surface area (Å²) in [6.45, 7) is 13.5. The van der Waals surface area contributed by atoms with Crippen LogP contribution in [0.1, 0.15) is 131 Å². The first-order valence-electron chi connectivity index (χ1n) is 29.3. The number of ether oxygens (including phenoxy) is 12. The van der Waals surface area contributed by atoms with Crippen molar-refractivity contribution in [2.45, 2.75) is 172 Å². The minimum Gasteiger partial charge on any atom is -0.459 e. The maximum atomic E-state index is 15.2. The number of carbonyl (C=O) groups excluding carboxylic acids is 18. The zero-order valence-electron chi connectivity index (χ0n) is 56.4. The van der Waals surface area contributed by atoms with Crippen LogP contribution in [0.15, 0.2) is 0 Å². The number of carbonyl (C=O) groups is 18. The van der Waals surface area contributed by atoms with E-state index >= 15 is 9.59 Å². The summed E-state index contributed by atoms with van der Waals surface area (Å²) in [4.78, 5) is 238. The molecule has 2 rings (SSSR count). The van der Waals surface area contributed by atoms with E-state index in [9.17, 15) is 76.7 Å². The summed E-state index contributed by atoms with van der Waals surface area (Å²) in [7, 11) is 0. The molecule has 36 nitrogen and oxygen atoms in total. The Morgan fingerprint density at radius 3 is 0.680 bits per heavy atom. The Balaban J connectivity index is 3.60. The van der Waals surface area contributed by atoms with Crippen LogP contribution in [-0.4, -0.2) is 194 Å². The Morgan fingerprint density at radius 1 is 0.290 bits per heavy atom. The highest BCUT2D eigenvalue weighted by molar-refractivity contribution is 14.1. The number of nitrogens with one attached hydrogen (secondary N) is 6. The minimum absolute atomic E-state index is 0.364. The quantitative estimate of drug-likeness (QED) is 0.0338. The van der Waals surface area contributed by atoms with Gasteiger partial charge in [0.2, 0.25) is 0 Å². The van der Waals surface area contributed by atoms with Crippen molar-refractivity contribution in [2.24, 2.45) is 0 Å². The van der Waals surface area contributed by atoms with Gasteiger partial charge in [-0.1, -0.05) is 0 Å². The first-order valence-corrected chi connectivity index (χ1v) is 33.6. The minimum atomic E-state index is -1.75. The lowest BCUT2D eigenvalue weighted by Gasteiger charge is -2.29. The second-order valence-corrected chi connectivity index (χ2v) is 25.3. The van der Waals surface area contributed by atoms with Crippen LogP contribution in [0, 0.1) is 14.3 Å². The highest BCUT2D eigenvalue weighted by Gasteiger charge is 2.39. The fraction of sp³-hybridized carbons (Fsp3) is 0.500. The van der Waals surface area contributed by atoms with E-state index in [1.54, 1.807) is 90.4 Å². The van der Waals surface area contributed by atoms with E-state index in [0.717, 1.165) is 111 Å². The third kappa shape index (κ3) is 27.7. The lowest BCUT2D eigenvalue weighted by Crippen LogP contribution is -2.41. The number of esters is 12. The molecule has 0 aromatic heterocycles. The molecule has 0 fully saturated rings. The SMILES string of the molecule is CC(=O)OC(C)C(=O)Nc1c(I)c(C(=O)NCC(COC(=O)C(C)OC(C)=O)OC(=O)C(C)OC(C)=O)c(I)c(NC(=O)C(C)OC(C)=O)c1-c1c(NC(=O)C(C)OC(C)=O)c(I)c(C(=O)NCC(COC(=O)C(C)OC(C)=O)OC(=O)C(C)OC(C)=O)c(I)c1NC(=O)C(C)OC(C)=O. The average molecular weight is 1860 g/mol. The summed E-state index contributed by atoms with van der Waals surface area (Å²) in [5.74, 6) is -19.5. The zero-order chi connectivity index (χ0) is 76.7. The maximum absolute atomic E-state index is 15.2. The molecule has 2 aromatic carbocycles. The molecule has 0 radical (unpaired) electrons. The number of hydrogen-bond acceptors (Lipinski definition) is 30. The van der Waals surface area contributed by atoms with Crippen molar-refractivity contribution < 1.29 is 143 Å². The van der Waals surface area contributed by atoms with E-state index < -0.39 is 239 Å². The number of halogens is 4. The second kappa shape index (κ2) is 40.9. The summed E-state index contributed by atoms with van der Waals surface area (Å²) in [6.07, 6.45) is -16.5.